The summed E-state index contributed by atoms with van der Waals surface area (Å²) in [6.07, 6.45) is 2.73. The largest absolute Gasteiger partial charge is 0.327 e. The molecule has 0 aromatic heterocycles. The van der Waals surface area contributed by atoms with Crippen LogP contribution in [0.2, 0.25) is 0 Å². The van der Waals surface area contributed by atoms with Gasteiger partial charge in [-0.2, -0.15) is 5.26 Å². The van der Waals surface area contributed by atoms with Gasteiger partial charge in [-0.1, -0.05) is 0 Å². The first kappa shape index (κ1) is 9.50. The van der Waals surface area contributed by atoms with Gasteiger partial charge in [0.1, 0.15) is 0 Å². The average Bonchev–Trinajstić information content (AvgIpc) is 2.20. The molecule has 12 heavy (non-hydrogen) atoms. The Morgan fingerprint density at radius 2 is 2.17 bits per heavy atom. The molecule has 1 rings (SSSR count). The number of hydrogen-bond acceptors (Lipinski definition) is 3. The molecule has 2 atom stereocenters. The second-order valence-electron chi connectivity index (χ2n) is 3.67. The number of rotatable bonds is 1. The molecule has 1 fully saturated rings. The van der Waals surface area contributed by atoms with Crippen LogP contribution in [0.4, 0.5) is 0 Å². The van der Waals surface area contributed by atoms with E-state index in [1.807, 2.05) is 0 Å². The van der Waals surface area contributed by atoms with Crippen molar-refractivity contribution < 1.29 is 0 Å². The predicted molar refractivity (Wildman–Crippen MR) is 48.4 cm³/mol. The van der Waals surface area contributed by atoms with Gasteiger partial charge in [-0.25, -0.2) is 0 Å². The van der Waals surface area contributed by atoms with Gasteiger partial charge in [0.2, 0.25) is 0 Å². The summed E-state index contributed by atoms with van der Waals surface area (Å²) in [6, 6.07) is 2.44. The zero-order chi connectivity index (χ0) is 8.97. The molecule has 3 heteroatoms. The zero-order valence-electron chi connectivity index (χ0n) is 7.66. The maximum Gasteiger partial charge on any atom is 0.0625 e. The summed E-state index contributed by atoms with van der Waals surface area (Å²) in [5.74, 6) is 0.417. The van der Waals surface area contributed by atoms with Crippen LogP contribution < -0.4 is 5.73 Å². The molecule has 0 bridgehead atoms. The first-order valence-electron chi connectivity index (χ1n) is 4.55. The van der Waals surface area contributed by atoms with Crippen molar-refractivity contribution in [2.24, 2.45) is 11.7 Å². The van der Waals surface area contributed by atoms with Crippen LogP contribution in [0.5, 0.6) is 0 Å². The molecule has 0 aliphatic carbocycles. The summed E-state index contributed by atoms with van der Waals surface area (Å²) in [4.78, 5) is 2.29. The molecule has 0 saturated carbocycles. The Bertz CT molecular complexity index is 173. The van der Waals surface area contributed by atoms with Gasteiger partial charge in [0.15, 0.2) is 0 Å². The molecular formula is C9H17N3. The summed E-state index contributed by atoms with van der Waals surface area (Å²) in [5.41, 5.74) is 5.95. The quantitative estimate of drug-likeness (QED) is 0.621. The SMILES string of the molecule is CN1CC[C@H](CC#N)[C@H](N)CC1. The third-order valence-corrected chi connectivity index (χ3v) is 2.68. The molecule has 0 spiro atoms. The Balaban J connectivity index is 2.45. The van der Waals surface area contributed by atoms with Crippen LogP contribution in [0.25, 0.3) is 0 Å². The van der Waals surface area contributed by atoms with Crippen molar-refractivity contribution in [1.82, 2.24) is 4.90 Å². The molecule has 0 unspecified atom stereocenters. The fourth-order valence-corrected chi connectivity index (χ4v) is 1.69. The summed E-state index contributed by atoms with van der Waals surface area (Å²) in [6.45, 7) is 2.16. The van der Waals surface area contributed by atoms with Gasteiger partial charge in [-0.05, 0) is 38.9 Å². The molecule has 1 aliphatic heterocycles. The van der Waals surface area contributed by atoms with Crippen molar-refractivity contribution in [2.75, 3.05) is 20.1 Å². The van der Waals surface area contributed by atoms with Crippen LogP contribution in [-0.4, -0.2) is 31.1 Å². The van der Waals surface area contributed by atoms with E-state index < -0.39 is 0 Å². The monoisotopic (exact) mass is 167 g/mol. The van der Waals surface area contributed by atoms with Gasteiger partial charge in [-0.3, -0.25) is 0 Å². The molecular weight excluding hydrogens is 150 g/mol. The van der Waals surface area contributed by atoms with Crippen molar-refractivity contribution >= 4 is 0 Å². The Hall–Kier alpha value is -0.590. The lowest BCUT2D eigenvalue weighted by molar-refractivity contribution is 0.342. The predicted octanol–water partition coefficient (Wildman–Crippen LogP) is 0.569. The van der Waals surface area contributed by atoms with E-state index in [-0.39, 0.29) is 6.04 Å². The highest BCUT2D eigenvalue weighted by Gasteiger charge is 2.21. The van der Waals surface area contributed by atoms with Crippen LogP contribution in [-0.2, 0) is 0 Å². The third kappa shape index (κ3) is 2.47. The Kier molecular flexibility index (Phi) is 3.51. The molecule has 0 aromatic rings. The topological polar surface area (TPSA) is 53.0 Å². The number of hydrogen-bond donors (Lipinski definition) is 1. The molecule has 68 valence electrons. The van der Waals surface area contributed by atoms with Crippen LogP contribution in [0.15, 0.2) is 0 Å². The normalized spacial score (nSPS) is 32.4. The maximum absolute atomic E-state index is 8.57. The number of nitrogens with two attached hydrogens (primary N) is 1. The van der Waals surface area contributed by atoms with Crippen molar-refractivity contribution in [2.45, 2.75) is 25.3 Å². The average molecular weight is 167 g/mol. The fourth-order valence-electron chi connectivity index (χ4n) is 1.69. The highest BCUT2D eigenvalue weighted by Crippen LogP contribution is 2.18. The Labute approximate surface area is 74.1 Å². The molecule has 1 saturated heterocycles. The van der Waals surface area contributed by atoms with E-state index in [2.05, 4.69) is 18.0 Å². The van der Waals surface area contributed by atoms with Crippen molar-refractivity contribution in [3.8, 4) is 6.07 Å². The minimum absolute atomic E-state index is 0.231. The highest BCUT2D eigenvalue weighted by atomic mass is 15.1. The minimum atomic E-state index is 0.231. The summed E-state index contributed by atoms with van der Waals surface area (Å²) < 4.78 is 0. The van der Waals surface area contributed by atoms with E-state index in [0.717, 1.165) is 25.9 Å². The lowest BCUT2D eigenvalue weighted by Gasteiger charge is -2.16. The van der Waals surface area contributed by atoms with E-state index in [0.29, 0.717) is 12.3 Å². The standard InChI is InChI=1S/C9H17N3/c1-12-6-3-8(2-5-10)9(11)4-7-12/h8-9H,2-4,6-7,11H2,1H3/t8-,9+/m0/s1. The van der Waals surface area contributed by atoms with Gasteiger partial charge in [0, 0.05) is 12.5 Å². The fraction of sp³-hybridized carbons (Fsp3) is 0.889. The summed E-state index contributed by atoms with van der Waals surface area (Å²) in [5, 5.41) is 8.57. The van der Waals surface area contributed by atoms with Gasteiger partial charge in [0.05, 0.1) is 6.07 Å². The molecule has 0 amide bonds. The van der Waals surface area contributed by atoms with Crippen molar-refractivity contribution in [3.63, 3.8) is 0 Å². The van der Waals surface area contributed by atoms with Gasteiger partial charge >= 0.3 is 0 Å². The van der Waals surface area contributed by atoms with Gasteiger partial charge in [0.25, 0.3) is 0 Å². The van der Waals surface area contributed by atoms with Crippen LogP contribution in [0.3, 0.4) is 0 Å². The summed E-state index contributed by atoms with van der Waals surface area (Å²) >= 11 is 0. The lowest BCUT2D eigenvalue weighted by Crippen LogP contribution is -2.29. The Morgan fingerprint density at radius 1 is 1.50 bits per heavy atom. The van der Waals surface area contributed by atoms with Crippen molar-refractivity contribution in [1.29, 1.82) is 5.26 Å². The van der Waals surface area contributed by atoms with E-state index >= 15 is 0 Å². The third-order valence-electron chi connectivity index (χ3n) is 2.68. The van der Waals surface area contributed by atoms with Crippen LogP contribution in [0.1, 0.15) is 19.3 Å². The van der Waals surface area contributed by atoms with Crippen LogP contribution >= 0.6 is 0 Å². The van der Waals surface area contributed by atoms with E-state index in [9.17, 15) is 0 Å². The van der Waals surface area contributed by atoms with E-state index in [1.54, 1.807) is 0 Å². The Morgan fingerprint density at radius 3 is 2.83 bits per heavy atom. The molecule has 1 aliphatic rings. The first-order chi connectivity index (χ1) is 5.74. The lowest BCUT2D eigenvalue weighted by atomic mass is 9.93. The zero-order valence-corrected chi connectivity index (χ0v) is 7.66. The molecule has 0 aromatic carbocycles. The second-order valence-corrected chi connectivity index (χ2v) is 3.67. The number of likely N-dealkylation sites (tertiary alicyclic amines) is 1. The minimum Gasteiger partial charge on any atom is -0.327 e. The summed E-state index contributed by atoms with van der Waals surface area (Å²) in [7, 11) is 2.11. The van der Waals surface area contributed by atoms with E-state index in [1.165, 1.54) is 0 Å². The van der Waals surface area contributed by atoms with Crippen LogP contribution in [0, 0.1) is 17.2 Å². The smallest absolute Gasteiger partial charge is 0.0625 e. The maximum atomic E-state index is 8.57. The van der Waals surface area contributed by atoms with Gasteiger partial charge in [-0.15, -0.1) is 0 Å². The molecule has 3 nitrogen and oxygen atoms in total. The van der Waals surface area contributed by atoms with Gasteiger partial charge < -0.3 is 10.6 Å². The first-order valence-corrected chi connectivity index (χ1v) is 4.55. The number of nitriles is 1. The molecule has 2 N–H and O–H groups in total. The van der Waals surface area contributed by atoms with E-state index in [4.69, 9.17) is 11.0 Å². The van der Waals surface area contributed by atoms with Crippen molar-refractivity contribution in [3.05, 3.63) is 0 Å². The number of nitrogens with zero attached hydrogens (tertiary/aromatic N) is 2. The molecule has 0 radical (unpaired) electrons. The highest BCUT2D eigenvalue weighted by molar-refractivity contribution is 4.85. The molecule has 1 heterocycles. The second kappa shape index (κ2) is 4.44.